The summed E-state index contributed by atoms with van der Waals surface area (Å²) in [5.74, 6) is -1.28. The van der Waals surface area contributed by atoms with Crippen LogP contribution in [0.15, 0.2) is 53.4 Å². The Morgan fingerprint density at radius 1 is 1.11 bits per heavy atom. The molecule has 0 N–H and O–H groups in total. The number of rotatable bonds is 4. The fourth-order valence-corrected chi connectivity index (χ4v) is 8.34. The van der Waals surface area contributed by atoms with Crippen molar-refractivity contribution in [2.75, 3.05) is 25.6 Å². The van der Waals surface area contributed by atoms with Gasteiger partial charge in [-0.1, -0.05) is 49.1 Å². The van der Waals surface area contributed by atoms with Crippen molar-refractivity contribution in [3.63, 3.8) is 0 Å². The highest BCUT2D eigenvalue weighted by molar-refractivity contribution is 7.89. The van der Waals surface area contributed by atoms with Gasteiger partial charge in [0.25, 0.3) is 0 Å². The molecule has 1 aromatic heterocycles. The van der Waals surface area contributed by atoms with E-state index >= 15 is 0 Å². The van der Waals surface area contributed by atoms with Crippen LogP contribution in [0.2, 0.25) is 5.02 Å². The van der Waals surface area contributed by atoms with E-state index in [2.05, 4.69) is 4.74 Å². The first kappa shape index (κ1) is 26.2. The molecule has 1 fully saturated rings. The molecule has 0 amide bonds. The van der Waals surface area contributed by atoms with Crippen LogP contribution in [-0.4, -0.2) is 45.4 Å². The molecule has 2 aromatic carbocycles. The first-order valence-electron chi connectivity index (χ1n) is 12.2. The number of hydrogen-bond acceptors (Lipinski definition) is 6. The molecule has 2 aliphatic rings. The molecule has 0 radical (unpaired) electrons. The standard InChI is InChI=1S/C27H28ClFN2O4S2/c1-30-23(17-9-5-3-6-10-17)16-31(18-11-7-4-8-12-18)22-14-20(28)19(13-25(22)37(30,33)34)24-15-21(29)26(36-24)27(32)35-2/h4,7-8,11-15,17,23H,3,5-6,9-10,16H2,1-2H3/t23-/m0/s1. The van der Waals surface area contributed by atoms with Crippen LogP contribution in [0.1, 0.15) is 41.8 Å². The van der Waals surface area contributed by atoms with Gasteiger partial charge in [0, 0.05) is 35.8 Å². The van der Waals surface area contributed by atoms with Crippen molar-refractivity contribution in [3.05, 3.63) is 64.2 Å². The molecule has 6 nitrogen and oxygen atoms in total. The van der Waals surface area contributed by atoms with Gasteiger partial charge in [-0.25, -0.2) is 17.6 Å². The number of benzene rings is 2. The molecule has 0 unspecified atom stereocenters. The Morgan fingerprint density at radius 3 is 2.49 bits per heavy atom. The van der Waals surface area contributed by atoms with Crippen LogP contribution in [0.3, 0.4) is 0 Å². The zero-order chi connectivity index (χ0) is 26.3. The number of anilines is 2. The lowest BCUT2D eigenvalue weighted by Gasteiger charge is -2.36. The number of halogens is 2. The summed E-state index contributed by atoms with van der Waals surface area (Å²) < 4.78 is 48.9. The average Bonchev–Trinajstić information content (AvgIpc) is 3.27. The molecule has 37 heavy (non-hydrogen) atoms. The van der Waals surface area contributed by atoms with Gasteiger partial charge in [-0.3, -0.25) is 0 Å². The van der Waals surface area contributed by atoms with Crippen LogP contribution in [0.4, 0.5) is 15.8 Å². The van der Waals surface area contributed by atoms with Crippen LogP contribution < -0.4 is 4.90 Å². The van der Waals surface area contributed by atoms with E-state index in [1.165, 1.54) is 30.0 Å². The number of para-hydroxylation sites is 1. The Morgan fingerprint density at radius 2 is 1.81 bits per heavy atom. The molecule has 3 aromatic rings. The van der Waals surface area contributed by atoms with Crippen molar-refractivity contribution in [3.8, 4) is 10.4 Å². The minimum atomic E-state index is -3.92. The Kier molecular flexibility index (Phi) is 7.33. The van der Waals surface area contributed by atoms with Crippen LogP contribution in [0.25, 0.3) is 10.4 Å². The van der Waals surface area contributed by atoms with Crippen molar-refractivity contribution in [2.45, 2.75) is 43.0 Å². The lowest BCUT2D eigenvalue weighted by atomic mass is 9.83. The second-order valence-electron chi connectivity index (χ2n) is 9.51. The molecule has 0 spiro atoms. The van der Waals surface area contributed by atoms with Crippen molar-refractivity contribution >= 4 is 50.3 Å². The molecule has 2 heterocycles. The number of nitrogens with zero attached hydrogens (tertiary/aromatic N) is 2. The van der Waals surface area contributed by atoms with E-state index in [1.54, 1.807) is 13.1 Å². The van der Waals surface area contributed by atoms with E-state index in [-0.39, 0.29) is 26.8 Å². The number of methoxy groups -OCH3 is 1. The first-order valence-corrected chi connectivity index (χ1v) is 14.9. The topological polar surface area (TPSA) is 66.9 Å². The summed E-state index contributed by atoms with van der Waals surface area (Å²) in [5, 5.41) is 0.270. The third-order valence-electron chi connectivity index (χ3n) is 7.42. The fraction of sp³-hybridized carbons (Fsp3) is 0.370. The second-order valence-corrected chi connectivity index (χ2v) is 12.9. The quantitative estimate of drug-likeness (QED) is 0.330. The number of sulfonamides is 1. The molecule has 10 heteroatoms. The fourth-order valence-electron chi connectivity index (χ4n) is 5.43. The average molecular weight is 563 g/mol. The predicted molar refractivity (Wildman–Crippen MR) is 145 cm³/mol. The van der Waals surface area contributed by atoms with Crippen molar-refractivity contribution in [1.29, 1.82) is 0 Å². The number of fused-ring (bicyclic) bond motifs is 1. The Bertz CT molecular complexity index is 1420. The third-order valence-corrected chi connectivity index (χ3v) is 10.8. The van der Waals surface area contributed by atoms with Gasteiger partial charge in [-0.15, -0.1) is 11.3 Å². The highest BCUT2D eigenvalue weighted by Gasteiger charge is 2.41. The summed E-state index contributed by atoms with van der Waals surface area (Å²) in [5.41, 5.74) is 1.70. The molecule has 1 atom stereocenters. The summed E-state index contributed by atoms with van der Waals surface area (Å²) in [6, 6.07) is 13.8. The van der Waals surface area contributed by atoms with Gasteiger partial charge in [0.05, 0.1) is 17.8 Å². The van der Waals surface area contributed by atoms with Gasteiger partial charge in [0.1, 0.15) is 15.6 Å². The third kappa shape index (κ3) is 4.78. The smallest absolute Gasteiger partial charge is 0.351 e. The summed E-state index contributed by atoms with van der Waals surface area (Å²) in [6.07, 6.45) is 5.33. The zero-order valence-electron chi connectivity index (χ0n) is 20.6. The van der Waals surface area contributed by atoms with Crippen LogP contribution in [-0.2, 0) is 14.8 Å². The number of esters is 1. The van der Waals surface area contributed by atoms with Crippen LogP contribution in [0, 0.1) is 11.7 Å². The van der Waals surface area contributed by atoms with Crippen molar-refractivity contribution in [2.24, 2.45) is 5.92 Å². The maximum Gasteiger partial charge on any atom is 0.351 e. The van der Waals surface area contributed by atoms with E-state index in [1.807, 2.05) is 35.2 Å². The van der Waals surface area contributed by atoms with Gasteiger partial charge < -0.3 is 9.64 Å². The van der Waals surface area contributed by atoms with Gasteiger partial charge >= 0.3 is 5.97 Å². The van der Waals surface area contributed by atoms with Crippen LogP contribution >= 0.6 is 22.9 Å². The maximum atomic E-state index is 14.6. The van der Waals surface area contributed by atoms with E-state index in [0.717, 1.165) is 42.7 Å². The van der Waals surface area contributed by atoms with E-state index in [0.29, 0.717) is 22.7 Å². The SMILES string of the molecule is COC(=O)c1sc(-c2cc3c(cc2Cl)N(c2ccccc2)C[C@@H](C2CCCCC2)N(C)S3(=O)=O)cc1F. The van der Waals surface area contributed by atoms with Crippen LogP contribution in [0.5, 0.6) is 0 Å². The molecular weight excluding hydrogens is 535 g/mol. The largest absolute Gasteiger partial charge is 0.465 e. The predicted octanol–water partition coefficient (Wildman–Crippen LogP) is 6.72. The zero-order valence-corrected chi connectivity index (χ0v) is 23.0. The molecule has 0 saturated heterocycles. The number of carbonyl (C=O) groups is 1. The molecule has 1 aliphatic heterocycles. The Labute approximate surface area is 225 Å². The van der Waals surface area contributed by atoms with Gasteiger partial charge in [-0.2, -0.15) is 4.31 Å². The summed E-state index contributed by atoms with van der Waals surface area (Å²) in [7, 11) is -1.08. The van der Waals surface area contributed by atoms with E-state index in [4.69, 9.17) is 11.6 Å². The highest BCUT2D eigenvalue weighted by Crippen LogP contribution is 2.45. The van der Waals surface area contributed by atoms with Crippen molar-refractivity contribution < 1.29 is 22.3 Å². The van der Waals surface area contributed by atoms with E-state index in [9.17, 15) is 17.6 Å². The molecule has 1 aliphatic carbocycles. The number of ether oxygens (including phenoxy) is 1. The molecular formula is C27H28ClFN2O4S2. The van der Waals surface area contributed by atoms with Gasteiger partial charge in [0.15, 0.2) is 0 Å². The summed E-state index contributed by atoms with van der Waals surface area (Å²) in [6.45, 7) is 0.493. The normalized spacial score (nSPS) is 20.3. The lowest BCUT2D eigenvalue weighted by Crippen LogP contribution is -2.46. The summed E-state index contributed by atoms with van der Waals surface area (Å²) >= 11 is 7.61. The van der Waals surface area contributed by atoms with Crippen molar-refractivity contribution in [1.82, 2.24) is 4.31 Å². The van der Waals surface area contributed by atoms with Gasteiger partial charge in [0.2, 0.25) is 10.0 Å². The van der Waals surface area contributed by atoms with Gasteiger partial charge in [-0.05, 0) is 49.1 Å². The molecule has 1 saturated carbocycles. The number of hydrogen-bond donors (Lipinski definition) is 0. The number of carbonyl (C=O) groups excluding carboxylic acids is 1. The highest BCUT2D eigenvalue weighted by atomic mass is 35.5. The molecule has 5 rings (SSSR count). The van der Waals surface area contributed by atoms with E-state index < -0.39 is 21.8 Å². The summed E-state index contributed by atoms with van der Waals surface area (Å²) in [4.78, 5) is 14.3. The monoisotopic (exact) mass is 562 g/mol. The Hall–Kier alpha value is -2.46. The minimum Gasteiger partial charge on any atom is -0.465 e. The molecule has 196 valence electrons. The molecule has 0 bridgehead atoms. The second kappa shape index (κ2) is 10.4. The Balaban J connectivity index is 1.69. The number of thiophene rings is 1. The maximum absolute atomic E-state index is 14.6. The number of likely N-dealkylation sites (N-methyl/N-ethyl adjacent to an activating group) is 1. The lowest BCUT2D eigenvalue weighted by molar-refractivity contribution is 0.0601. The first-order chi connectivity index (χ1) is 17.7. The minimum absolute atomic E-state index is 0.102.